The van der Waals surface area contributed by atoms with Crippen molar-refractivity contribution in [3.8, 4) is 17.4 Å². The highest BCUT2D eigenvalue weighted by Crippen LogP contribution is 2.31. The minimum absolute atomic E-state index is 0.0212. The Morgan fingerprint density at radius 1 is 1.18 bits per heavy atom. The van der Waals surface area contributed by atoms with E-state index in [2.05, 4.69) is 18.9 Å². The van der Waals surface area contributed by atoms with Gasteiger partial charge in [0.25, 0.3) is 11.0 Å². The van der Waals surface area contributed by atoms with Crippen molar-refractivity contribution >= 4 is 29.5 Å². The minimum Gasteiger partial charge on any atom is -0.497 e. The smallest absolute Gasteiger partial charge is 0.342 e. The first kappa shape index (κ1) is 34.5. The van der Waals surface area contributed by atoms with Gasteiger partial charge in [0.05, 0.1) is 45.8 Å². The number of benzene rings is 1. The van der Waals surface area contributed by atoms with Crippen LogP contribution in [0.3, 0.4) is 0 Å². The number of esters is 2. The number of ether oxygens (including phenoxy) is 6. The highest BCUT2D eigenvalue weighted by atomic mass is 32.1. The molecule has 2 heterocycles. The lowest BCUT2D eigenvalue weighted by molar-refractivity contribution is -0.757. The normalized spacial score (nSPS) is 14.0. The highest BCUT2D eigenvalue weighted by molar-refractivity contribution is 6.99. The standard InChI is InChI=1S/C27H39N5O11S/c1-27(2,3)28-15-20(17-41-25-24(29-44-30-25)31-8-11-39-12-9-31)43-26(34)23-18(13-19(37-4)14-21(23)38-5)16-40-22(33)7-6-10-42-32(35)36/h13-14,20,28H,6-12,15-17H2,1-5H3/t20-/m0/s1. The van der Waals surface area contributed by atoms with Gasteiger partial charge in [0.2, 0.25) is 5.82 Å². The van der Waals surface area contributed by atoms with E-state index in [0.29, 0.717) is 43.8 Å². The Labute approximate surface area is 259 Å². The number of nitrogens with zero attached hydrogens (tertiary/aromatic N) is 4. The molecule has 1 aromatic carbocycles. The SMILES string of the molecule is COc1cc(COC(=O)CCCO[N+](=O)[O-])c(C(=O)O[C@@H](CNC(C)(C)C)COc2nsnc2N2CCOCC2)c(OC)c1. The van der Waals surface area contributed by atoms with Crippen LogP contribution >= 0.6 is 11.7 Å². The Morgan fingerprint density at radius 2 is 1.93 bits per heavy atom. The molecule has 0 saturated carbocycles. The maximum atomic E-state index is 13.7. The van der Waals surface area contributed by atoms with Crippen LogP contribution in [0.1, 0.15) is 49.5 Å². The van der Waals surface area contributed by atoms with E-state index in [1.807, 2.05) is 25.7 Å². The summed E-state index contributed by atoms with van der Waals surface area (Å²) in [7, 11) is 2.84. The summed E-state index contributed by atoms with van der Waals surface area (Å²) in [5.41, 5.74) is 0.0407. The number of aromatic nitrogens is 2. The molecule has 0 aliphatic carbocycles. The molecule has 1 aromatic heterocycles. The van der Waals surface area contributed by atoms with Gasteiger partial charge in [-0.15, -0.1) is 14.5 Å². The van der Waals surface area contributed by atoms with Crippen molar-refractivity contribution in [2.24, 2.45) is 0 Å². The van der Waals surface area contributed by atoms with Crippen LogP contribution < -0.4 is 24.4 Å². The lowest BCUT2D eigenvalue weighted by Gasteiger charge is -2.28. The van der Waals surface area contributed by atoms with Crippen molar-refractivity contribution < 1.29 is 47.9 Å². The van der Waals surface area contributed by atoms with Gasteiger partial charge in [0, 0.05) is 43.2 Å². The largest absolute Gasteiger partial charge is 0.497 e. The predicted octanol–water partition coefficient (Wildman–Crippen LogP) is 2.42. The maximum Gasteiger partial charge on any atom is 0.342 e. The van der Waals surface area contributed by atoms with Crippen LogP contribution in [0.5, 0.6) is 17.4 Å². The molecule has 1 N–H and O–H groups in total. The van der Waals surface area contributed by atoms with E-state index in [-0.39, 0.29) is 61.6 Å². The quantitative estimate of drug-likeness (QED) is 0.115. The number of methoxy groups -OCH3 is 2. The maximum absolute atomic E-state index is 13.7. The number of carbonyl (C=O) groups excluding carboxylic acids is 2. The number of hydrogen-bond acceptors (Lipinski definition) is 16. The van der Waals surface area contributed by atoms with Crippen molar-refractivity contribution in [2.45, 2.75) is 51.9 Å². The lowest BCUT2D eigenvalue weighted by atomic mass is 10.1. The van der Waals surface area contributed by atoms with Crippen LogP contribution in [-0.4, -0.2) is 97.7 Å². The number of rotatable bonds is 17. The van der Waals surface area contributed by atoms with Crippen LogP contribution in [0, 0.1) is 10.1 Å². The van der Waals surface area contributed by atoms with E-state index in [1.165, 1.54) is 26.4 Å². The number of anilines is 1. The van der Waals surface area contributed by atoms with Gasteiger partial charge < -0.3 is 43.5 Å². The first-order valence-corrected chi connectivity index (χ1v) is 14.7. The minimum atomic E-state index is -0.933. The zero-order valence-electron chi connectivity index (χ0n) is 25.5. The molecule has 1 saturated heterocycles. The third kappa shape index (κ3) is 10.9. The van der Waals surface area contributed by atoms with Gasteiger partial charge in [0.15, 0.2) is 0 Å². The predicted molar refractivity (Wildman–Crippen MR) is 157 cm³/mol. The molecule has 0 bridgehead atoms. The van der Waals surface area contributed by atoms with E-state index in [0.717, 1.165) is 11.7 Å². The van der Waals surface area contributed by atoms with Crippen LogP contribution in [-0.2, 0) is 30.4 Å². The number of morpholine rings is 1. The summed E-state index contributed by atoms with van der Waals surface area (Å²) in [4.78, 5) is 42.5. The average molecular weight is 642 g/mol. The molecule has 1 aliphatic rings. The molecule has 0 unspecified atom stereocenters. The molecule has 2 aromatic rings. The lowest BCUT2D eigenvalue weighted by Crippen LogP contribution is -2.44. The van der Waals surface area contributed by atoms with E-state index in [4.69, 9.17) is 28.4 Å². The summed E-state index contributed by atoms with van der Waals surface area (Å²) in [6.45, 7) is 8.09. The van der Waals surface area contributed by atoms with Crippen LogP contribution in [0.4, 0.5) is 5.82 Å². The molecule has 244 valence electrons. The highest BCUT2D eigenvalue weighted by Gasteiger charge is 2.27. The monoisotopic (exact) mass is 641 g/mol. The second kappa shape index (κ2) is 16.8. The fourth-order valence-electron chi connectivity index (χ4n) is 4.03. The van der Waals surface area contributed by atoms with Crippen molar-refractivity contribution in [3.63, 3.8) is 0 Å². The van der Waals surface area contributed by atoms with E-state index < -0.39 is 23.1 Å². The average Bonchev–Trinajstić information content (AvgIpc) is 3.47. The van der Waals surface area contributed by atoms with Gasteiger partial charge in [-0.3, -0.25) is 4.79 Å². The van der Waals surface area contributed by atoms with Crippen molar-refractivity contribution in [3.05, 3.63) is 33.4 Å². The van der Waals surface area contributed by atoms with E-state index in [9.17, 15) is 19.7 Å². The molecule has 3 rings (SSSR count). The Bertz CT molecular complexity index is 1250. The zero-order valence-corrected chi connectivity index (χ0v) is 26.3. The van der Waals surface area contributed by atoms with Gasteiger partial charge in [-0.05, 0) is 33.3 Å². The first-order valence-electron chi connectivity index (χ1n) is 13.9. The van der Waals surface area contributed by atoms with Gasteiger partial charge >= 0.3 is 11.9 Å². The molecule has 1 fully saturated rings. The van der Waals surface area contributed by atoms with Crippen LogP contribution in [0.25, 0.3) is 0 Å². The summed E-state index contributed by atoms with van der Waals surface area (Å²) in [6.07, 6.45) is -0.796. The van der Waals surface area contributed by atoms with Gasteiger partial charge in [-0.1, -0.05) is 0 Å². The molecule has 1 atom stereocenters. The third-order valence-corrected chi connectivity index (χ3v) is 6.72. The van der Waals surface area contributed by atoms with Gasteiger partial charge in [-0.2, -0.15) is 4.37 Å². The van der Waals surface area contributed by atoms with Crippen molar-refractivity contribution in [1.82, 2.24) is 14.1 Å². The number of hydrogen-bond donors (Lipinski definition) is 1. The molecule has 44 heavy (non-hydrogen) atoms. The molecular weight excluding hydrogens is 602 g/mol. The van der Waals surface area contributed by atoms with Crippen molar-refractivity contribution in [2.75, 3.05) is 65.2 Å². The Hall–Kier alpha value is -3.96. The Balaban J connectivity index is 1.76. The van der Waals surface area contributed by atoms with Gasteiger partial charge in [0.1, 0.15) is 36.4 Å². The molecule has 0 spiro atoms. The summed E-state index contributed by atoms with van der Waals surface area (Å²) >= 11 is 1.03. The second-order valence-corrected chi connectivity index (χ2v) is 11.2. The Kier molecular flexibility index (Phi) is 13.2. The molecular formula is C27H39N5O11S. The number of carbonyl (C=O) groups is 2. The third-order valence-electron chi connectivity index (χ3n) is 6.22. The summed E-state index contributed by atoms with van der Waals surface area (Å²) < 4.78 is 42.2. The number of nitrogens with one attached hydrogen (secondary N) is 1. The summed E-state index contributed by atoms with van der Waals surface area (Å²) in [5, 5.41) is 12.7. The van der Waals surface area contributed by atoms with Crippen LogP contribution in [0.15, 0.2) is 12.1 Å². The van der Waals surface area contributed by atoms with E-state index in [1.54, 1.807) is 0 Å². The molecule has 0 amide bonds. The van der Waals surface area contributed by atoms with E-state index >= 15 is 0 Å². The van der Waals surface area contributed by atoms with Crippen LogP contribution in [0.2, 0.25) is 0 Å². The molecule has 1 aliphatic heterocycles. The Morgan fingerprint density at radius 3 is 2.59 bits per heavy atom. The fourth-order valence-corrected chi connectivity index (χ4v) is 4.55. The molecule has 16 nitrogen and oxygen atoms in total. The first-order chi connectivity index (χ1) is 21.0. The molecule has 17 heteroatoms. The topological polar surface area (TPSA) is 183 Å². The summed E-state index contributed by atoms with van der Waals surface area (Å²) in [5.74, 6) is 0.104. The zero-order chi connectivity index (χ0) is 32.1. The van der Waals surface area contributed by atoms with Crippen molar-refractivity contribution in [1.29, 1.82) is 0 Å². The summed E-state index contributed by atoms with van der Waals surface area (Å²) in [6, 6.07) is 3.06. The molecule has 0 radical (unpaired) electrons. The second-order valence-electron chi connectivity index (χ2n) is 10.6. The van der Waals surface area contributed by atoms with Gasteiger partial charge in [-0.25, -0.2) is 4.79 Å². The fraction of sp³-hybridized carbons (Fsp3) is 0.630.